The molecule has 0 unspecified atom stereocenters. The van der Waals surface area contributed by atoms with Crippen molar-refractivity contribution in [1.82, 2.24) is 5.32 Å². The Bertz CT molecular complexity index is 1220. The second-order valence-corrected chi connectivity index (χ2v) is 12.5. The lowest BCUT2D eigenvalue weighted by atomic mass is 9.77. The maximum Gasteiger partial charge on any atom is 0.157 e. The highest BCUT2D eigenvalue weighted by atomic mass is 16.7. The van der Waals surface area contributed by atoms with Gasteiger partial charge in [0.05, 0.1) is 43.9 Å². The number of carbonyl (C=O) groups is 2. The number of hydrogen-bond acceptors (Lipinski definition) is 7. The first-order valence-electron chi connectivity index (χ1n) is 16.4. The van der Waals surface area contributed by atoms with Crippen LogP contribution in [0.1, 0.15) is 75.0 Å². The van der Waals surface area contributed by atoms with Crippen LogP contribution in [0.5, 0.6) is 0 Å². The van der Waals surface area contributed by atoms with Crippen molar-refractivity contribution >= 4 is 11.6 Å². The van der Waals surface area contributed by atoms with E-state index < -0.39 is 5.54 Å². The lowest BCUT2D eigenvalue weighted by molar-refractivity contribution is -0.304. The van der Waals surface area contributed by atoms with Gasteiger partial charge < -0.3 is 23.7 Å². The Morgan fingerprint density at radius 1 is 0.644 bits per heavy atom. The van der Waals surface area contributed by atoms with Crippen molar-refractivity contribution < 1.29 is 28.5 Å². The Kier molecular flexibility index (Phi) is 12.1. The maximum absolute atomic E-state index is 13.2. The van der Waals surface area contributed by atoms with E-state index in [9.17, 15) is 9.59 Å². The molecule has 2 fully saturated rings. The third-order valence-electron chi connectivity index (χ3n) is 8.84. The summed E-state index contributed by atoms with van der Waals surface area (Å²) in [5.41, 5.74) is 2.36. The minimum Gasteiger partial charge on any atom is -0.352 e. The van der Waals surface area contributed by atoms with Crippen LogP contribution in [0.25, 0.3) is 0 Å². The van der Waals surface area contributed by atoms with Crippen LogP contribution in [0, 0.1) is 5.41 Å². The molecule has 2 aliphatic rings. The molecule has 3 aromatic carbocycles. The number of ketones is 2. The molecule has 7 nitrogen and oxygen atoms in total. The first-order chi connectivity index (χ1) is 22.0. The van der Waals surface area contributed by atoms with E-state index >= 15 is 0 Å². The zero-order valence-electron chi connectivity index (χ0n) is 26.5. The quantitative estimate of drug-likeness (QED) is 0.144. The number of rotatable bonds is 16. The first-order valence-corrected chi connectivity index (χ1v) is 16.4. The number of Topliss-reactive ketones (excluding diaryl/α,β-unsaturated/α-hetero) is 2. The number of ether oxygens (including phenoxy) is 4. The van der Waals surface area contributed by atoms with Gasteiger partial charge in [-0.1, -0.05) is 91.0 Å². The van der Waals surface area contributed by atoms with Crippen LogP contribution in [0.4, 0.5) is 0 Å². The summed E-state index contributed by atoms with van der Waals surface area (Å²) < 4.78 is 24.0. The molecule has 3 aromatic rings. The van der Waals surface area contributed by atoms with E-state index in [2.05, 4.69) is 41.7 Å². The van der Waals surface area contributed by atoms with Gasteiger partial charge in [-0.3, -0.25) is 10.1 Å². The SMILES string of the molecule is CC(=O)CCCCC1OCC2(CO1)COC(CCCCC(=O)CNC(c1ccccc1)(c1ccccc1)c1ccccc1)OC2. The fraction of sp³-hybridized carbons (Fsp3) is 0.474. The lowest BCUT2D eigenvalue weighted by Gasteiger charge is -2.43. The van der Waals surface area contributed by atoms with Crippen molar-refractivity contribution in [3.8, 4) is 0 Å². The molecule has 1 spiro atoms. The number of unbranched alkanes of at least 4 members (excludes halogenated alkanes) is 2. The van der Waals surface area contributed by atoms with Crippen LogP contribution in [0.3, 0.4) is 0 Å². The van der Waals surface area contributed by atoms with Crippen molar-refractivity contribution in [2.45, 2.75) is 76.4 Å². The molecule has 0 atom stereocenters. The van der Waals surface area contributed by atoms with Crippen LogP contribution in [-0.2, 0) is 34.1 Å². The molecule has 0 amide bonds. The molecule has 1 N–H and O–H groups in total. The van der Waals surface area contributed by atoms with Crippen LogP contribution in [-0.4, -0.2) is 57.1 Å². The third-order valence-corrected chi connectivity index (χ3v) is 8.84. The molecule has 5 rings (SSSR count). The monoisotopic (exact) mass is 613 g/mol. The Hall–Kier alpha value is -3.20. The smallest absolute Gasteiger partial charge is 0.157 e. The Morgan fingerprint density at radius 3 is 1.44 bits per heavy atom. The number of carbonyl (C=O) groups excluding carboxylic acids is 2. The van der Waals surface area contributed by atoms with E-state index in [-0.39, 0.29) is 36.1 Å². The summed E-state index contributed by atoms with van der Waals surface area (Å²) in [5, 5.41) is 3.69. The lowest BCUT2D eigenvalue weighted by Crippen LogP contribution is -2.52. The largest absolute Gasteiger partial charge is 0.352 e. The third kappa shape index (κ3) is 8.96. The topological polar surface area (TPSA) is 83.1 Å². The van der Waals surface area contributed by atoms with Crippen molar-refractivity contribution in [2.24, 2.45) is 5.41 Å². The zero-order valence-corrected chi connectivity index (χ0v) is 26.5. The van der Waals surface area contributed by atoms with Gasteiger partial charge >= 0.3 is 0 Å². The van der Waals surface area contributed by atoms with Crippen molar-refractivity contribution in [2.75, 3.05) is 33.0 Å². The molecule has 0 bridgehead atoms. The second kappa shape index (κ2) is 16.4. The predicted octanol–water partition coefficient (Wildman–Crippen LogP) is 6.58. The number of nitrogens with one attached hydrogen (secondary N) is 1. The van der Waals surface area contributed by atoms with E-state index in [1.807, 2.05) is 54.6 Å². The highest BCUT2D eigenvalue weighted by molar-refractivity contribution is 5.80. The molecular formula is C38H47NO6. The van der Waals surface area contributed by atoms with Gasteiger partial charge in [-0.05, 0) is 62.1 Å². The molecule has 2 heterocycles. The molecule has 0 radical (unpaired) electrons. The Morgan fingerprint density at radius 2 is 1.04 bits per heavy atom. The average Bonchev–Trinajstić information content (AvgIpc) is 3.08. The molecule has 2 aliphatic heterocycles. The highest BCUT2D eigenvalue weighted by Gasteiger charge is 2.42. The van der Waals surface area contributed by atoms with Gasteiger partial charge in [-0.15, -0.1) is 0 Å². The van der Waals surface area contributed by atoms with Gasteiger partial charge in [-0.2, -0.15) is 0 Å². The summed E-state index contributed by atoms with van der Waals surface area (Å²) in [6, 6.07) is 31.0. The molecule has 2 saturated heterocycles. The van der Waals surface area contributed by atoms with E-state index in [0.29, 0.717) is 39.3 Å². The van der Waals surface area contributed by atoms with Crippen LogP contribution < -0.4 is 5.32 Å². The predicted molar refractivity (Wildman–Crippen MR) is 174 cm³/mol. The van der Waals surface area contributed by atoms with Crippen molar-refractivity contribution in [3.05, 3.63) is 108 Å². The summed E-state index contributed by atoms with van der Waals surface area (Å²) >= 11 is 0. The maximum atomic E-state index is 13.2. The van der Waals surface area contributed by atoms with Gasteiger partial charge in [-0.25, -0.2) is 0 Å². The average molecular weight is 614 g/mol. The summed E-state index contributed by atoms with van der Waals surface area (Å²) in [4.78, 5) is 24.3. The summed E-state index contributed by atoms with van der Waals surface area (Å²) in [7, 11) is 0. The molecule has 45 heavy (non-hydrogen) atoms. The summed E-state index contributed by atoms with van der Waals surface area (Å²) in [5.74, 6) is 0.403. The second-order valence-electron chi connectivity index (χ2n) is 12.5. The summed E-state index contributed by atoms with van der Waals surface area (Å²) in [6.45, 7) is 4.07. The number of benzene rings is 3. The normalized spacial score (nSPS) is 21.9. The van der Waals surface area contributed by atoms with Gasteiger partial charge in [0, 0.05) is 12.8 Å². The Labute approximate surface area is 267 Å². The minimum atomic E-state index is -0.652. The van der Waals surface area contributed by atoms with Gasteiger partial charge in [0.1, 0.15) is 11.6 Å². The minimum absolute atomic E-state index is 0.180. The van der Waals surface area contributed by atoms with Gasteiger partial charge in [0.25, 0.3) is 0 Å². The first kappa shape index (κ1) is 33.2. The van der Waals surface area contributed by atoms with Crippen LogP contribution in [0.2, 0.25) is 0 Å². The molecule has 0 aromatic heterocycles. The van der Waals surface area contributed by atoms with Gasteiger partial charge in [0.15, 0.2) is 12.6 Å². The summed E-state index contributed by atoms with van der Waals surface area (Å²) in [6.07, 6.45) is 5.58. The molecular weight excluding hydrogens is 566 g/mol. The van der Waals surface area contributed by atoms with Crippen molar-refractivity contribution in [1.29, 1.82) is 0 Å². The molecule has 240 valence electrons. The molecule has 0 aliphatic carbocycles. The Balaban J connectivity index is 1.07. The fourth-order valence-electron chi connectivity index (χ4n) is 6.27. The van der Waals surface area contributed by atoms with E-state index in [1.165, 1.54) is 0 Å². The van der Waals surface area contributed by atoms with E-state index in [4.69, 9.17) is 18.9 Å². The van der Waals surface area contributed by atoms with Crippen molar-refractivity contribution in [3.63, 3.8) is 0 Å². The van der Waals surface area contributed by atoms with Gasteiger partial charge in [0.2, 0.25) is 0 Å². The van der Waals surface area contributed by atoms with E-state index in [1.54, 1.807) is 6.92 Å². The molecule has 0 saturated carbocycles. The van der Waals surface area contributed by atoms with E-state index in [0.717, 1.165) is 55.2 Å². The van der Waals surface area contributed by atoms with Crippen LogP contribution >= 0.6 is 0 Å². The zero-order chi connectivity index (χ0) is 31.4. The highest BCUT2D eigenvalue weighted by Crippen LogP contribution is 2.37. The number of hydrogen-bond donors (Lipinski definition) is 1. The fourth-order valence-corrected chi connectivity index (χ4v) is 6.27. The van der Waals surface area contributed by atoms with Crippen LogP contribution in [0.15, 0.2) is 91.0 Å². The standard InChI is InChI=1S/C38H47NO6/c1-30(40)15-11-13-23-35-42-26-37(27-43-35)28-44-36(45-29-37)24-14-12-22-34(41)25-39-38(31-16-5-2-6-17-31,32-18-7-3-8-19-32)33-20-9-4-10-21-33/h2-10,16-21,35-36,39H,11-15,22-29H2,1H3. The molecule has 7 heteroatoms.